The van der Waals surface area contributed by atoms with Crippen LogP contribution in [-0.4, -0.2) is 39.2 Å². The molecule has 6 nitrogen and oxygen atoms in total. The number of likely N-dealkylation sites (tertiary alicyclic amines) is 1. The first kappa shape index (κ1) is 15.0. The van der Waals surface area contributed by atoms with Crippen molar-refractivity contribution in [2.24, 2.45) is 11.8 Å². The van der Waals surface area contributed by atoms with E-state index in [2.05, 4.69) is 15.0 Å². The van der Waals surface area contributed by atoms with Gasteiger partial charge in [0.2, 0.25) is 5.89 Å². The number of aliphatic carboxylic acids is 1. The molecule has 2 rings (SSSR count). The second-order valence-electron chi connectivity index (χ2n) is 5.67. The summed E-state index contributed by atoms with van der Waals surface area (Å²) in [6, 6.07) is 0. The Morgan fingerprint density at radius 1 is 1.60 bits per heavy atom. The third-order valence-corrected chi connectivity index (χ3v) is 4.03. The average molecular weight is 281 g/mol. The van der Waals surface area contributed by atoms with Crippen molar-refractivity contribution in [3.05, 3.63) is 11.7 Å². The van der Waals surface area contributed by atoms with Gasteiger partial charge in [-0.3, -0.25) is 9.69 Å². The van der Waals surface area contributed by atoms with Crippen molar-refractivity contribution >= 4 is 5.97 Å². The van der Waals surface area contributed by atoms with Crippen LogP contribution in [0.5, 0.6) is 0 Å². The molecule has 2 heterocycles. The van der Waals surface area contributed by atoms with Crippen molar-refractivity contribution < 1.29 is 14.4 Å². The van der Waals surface area contributed by atoms with Gasteiger partial charge in [-0.2, -0.15) is 4.98 Å². The molecular weight excluding hydrogens is 258 g/mol. The molecule has 0 amide bonds. The smallest absolute Gasteiger partial charge is 0.303 e. The molecule has 1 saturated heterocycles. The van der Waals surface area contributed by atoms with Gasteiger partial charge < -0.3 is 9.63 Å². The maximum absolute atomic E-state index is 10.8. The van der Waals surface area contributed by atoms with Crippen LogP contribution >= 0.6 is 0 Å². The molecule has 6 heteroatoms. The van der Waals surface area contributed by atoms with E-state index in [1.54, 1.807) is 0 Å². The van der Waals surface area contributed by atoms with E-state index in [0.717, 1.165) is 38.2 Å². The minimum Gasteiger partial charge on any atom is -0.481 e. The number of hydrogen-bond donors (Lipinski definition) is 1. The molecule has 112 valence electrons. The zero-order valence-corrected chi connectivity index (χ0v) is 12.2. The zero-order chi connectivity index (χ0) is 14.5. The molecule has 2 atom stereocenters. The first-order valence-electron chi connectivity index (χ1n) is 7.34. The Kier molecular flexibility index (Phi) is 5.11. The molecule has 1 aromatic heterocycles. The van der Waals surface area contributed by atoms with Gasteiger partial charge in [0.1, 0.15) is 0 Å². The summed E-state index contributed by atoms with van der Waals surface area (Å²) < 4.78 is 5.22. The summed E-state index contributed by atoms with van der Waals surface area (Å²) in [5.74, 6) is 1.35. The van der Waals surface area contributed by atoms with Crippen LogP contribution in [0.1, 0.15) is 44.8 Å². The molecule has 1 fully saturated rings. The maximum atomic E-state index is 10.8. The minimum absolute atomic E-state index is 0.212. The van der Waals surface area contributed by atoms with Crippen LogP contribution in [0, 0.1) is 11.8 Å². The first-order valence-corrected chi connectivity index (χ1v) is 7.34. The van der Waals surface area contributed by atoms with Gasteiger partial charge in [-0.05, 0) is 31.2 Å². The molecule has 0 radical (unpaired) electrons. The van der Waals surface area contributed by atoms with Crippen molar-refractivity contribution in [3.63, 3.8) is 0 Å². The summed E-state index contributed by atoms with van der Waals surface area (Å²) in [6.07, 6.45) is 3.24. The highest BCUT2D eigenvalue weighted by atomic mass is 16.5. The van der Waals surface area contributed by atoms with Crippen molar-refractivity contribution in [1.82, 2.24) is 15.0 Å². The zero-order valence-electron chi connectivity index (χ0n) is 12.2. The Morgan fingerprint density at radius 3 is 3.05 bits per heavy atom. The number of hydrogen-bond acceptors (Lipinski definition) is 5. The number of carbonyl (C=O) groups is 1. The van der Waals surface area contributed by atoms with Crippen LogP contribution in [0.15, 0.2) is 4.52 Å². The largest absolute Gasteiger partial charge is 0.481 e. The van der Waals surface area contributed by atoms with Crippen LogP contribution in [0.2, 0.25) is 0 Å². The lowest BCUT2D eigenvalue weighted by atomic mass is 9.85. The van der Waals surface area contributed by atoms with Crippen LogP contribution < -0.4 is 0 Å². The third kappa shape index (κ3) is 4.03. The van der Waals surface area contributed by atoms with Gasteiger partial charge in [0.05, 0.1) is 6.54 Å². The van der Waals surface area contributed by atoms with Crippen LogP contribution in [0.3, 0.4) is 0 Å². The summed E-state index contributed by atoms with van der Waals surface area (Å²) in [4.78, 5) is 17.4. The Morgan fingerprint density at radius 2 is 2.40 bits per heavy atom. The van der Waals surface area contributed by atoms with Crippen molar-refractivity contribution in [2.75, 3.05) is 13.1 Å². The van der Waals surface area contributed by atoms with Gasteiger partial charge in [0.15, 0.2) is 5.82 Å². The lowest BCUT2D eigenvalue weighted by Gasteiger charge is -2.34. The van der Waals surface area contributed by atoms with E-state index in [4.69, 9.17) is 9.63 Å². The fourth-order valence-electron chi connectivity index (χ4n) is 2.83. The molecule has 1 aromatic rings. The van der Waals surface area contributed by atoms with Crippen molar-refractivity contribution in [2.45, 2.75) is 46.1 Å². The van der Waals surface area contributed by atoms with E-state index >= 15 is 0 Å². The SMILES string of the molecule is CCc1noc(CN2CCCC(C(C)CC(=O)O)C2)n1. The quantitative estimate of drug-likeness (QED) is 0.858. The van der Waals surface area contributed by atoms with E-state index in [9.17, 15) is 4.79 Å². The number of aromatic nitrogens is 2. The Hall–Kier alpha value is -1.43. The second kappa shape index (κ2) is 6.83. The normalized spacial score (nSPS) is 21.8. The molecule has 0 saturated carbocycles. The fourth-order valence-corrected chi connectivity index (χ4v) is 2.83. The Balaban J connectivity index is 1.88. The number of nitrogens with zero attached hydrogens (tertiary/aromatic N) is 3. The van der Waals surface area contributed by atoms with Gasteiger partial charge >= 0.3 is 5.97 Å². The predicted octanol–water partition coefficient (Wildman–Crippen LogP) is 1.95. The third-order valence-electron chi connectivity index (χ3n) is 4.03. The average Bonchev–Trinajstić information content (AvgIpc) is 2.86. The summed E-state index contributed by atoms with van der Waals surface area (Å²) in [5.41, 5.74) is 0. The first-order chi connectivity index (χ1) is 9.58. The molecule has 0 spiro atoms. The van der Waals surface area contributed by atoms with Crippen molar-refractivity contribution in [1.29, 1.82) is 0 Å². The summed E-state index contributed by atoms with van der Waals surface area (Å²) in [5, 5.41) is 12.8. The molecule has 1 N–H and O–H groups in total. The van der Waals surface area contributed by atoms with Crippen LogP contribution in [-0.2, 0) is 17.8 Å². The lowest BCUT2D eigenvalue weighted by molar-refractivity contribution is -0.138. The highest BCUT2D eigenvalue weighted by molar-refractivity contribution is 5.67. The van der Waals surface area contributed by atoms with E-state index in [0.29, 0.717) is 18.4 Å². The van der Waals surface area contributed by atoms with Crippen LogP contribution in [0.4, 0.5) is 0 Å². The Bertz CT molecular complexity index is 447. The lowest BCUT2D eigenvalue weighted by Crippen LogP contribution is -2.37. The number of carboxylic acid groups (broad SMARTS) is 1. The maximum Gasteiger partial charge on any atom is 0.303 e. The van der Waals surface area contributed by atoms with E-state index < -0.39 is 5.97 Å². The van der Waals surface area contributed by atoms with Gasteiger partial charge in [-0.15, -0.1) is 0 Å². The number of rotatable bonds is 6. The number of piperidine rings is 1. The summed E-state index contributed by atoms with van der Waals surface area (Å²) in [6.45, 7) is 6.63. The monoisotopic (exact) mass is 281 g/mol. The topological polar surface area (TPSA) is 79.5 Å². The van der Waals surface area contributed by atoms with Crippen LogP contribution in [0.25, 0.3) is 0 Å². The molecule has 1 aliphatic rings. The number of aryl methyl sites for hydroxylation is 1. The predicted molar refractivity (Wildman–Crippen MR) is 73.1 cm³/mol. The minimum atomic E-state index is -0.709. The Labute approximate surface area is 119 Å². The highest BCUT2D eigenvalue weighted by Gasteiger charge is 2.26. The van der Waals surface area contributed by atoms with Gasteiger partial charge in [0, 0.05) is 19.4 Å². The molecule has 1 aliphatic heterocycles. The molecule has 0 aromatic carbocycles. The highest BCUT2D eigenvalue weighted by Crippen LogP contribution is 2.26. The molecule has 20 heavy (non-hydrogen) atoms. The standard InChI is InChI=1S/C14H23N3O3/c1-3-12-15-13(20-16-12)9-17-6-4-5-11(8-17)10(2)7-14(18)19/h10-11H,3-9H2,1-2H3,(H,18,19). The summed E-state index contributed by atoms with van der Waals surface area (Å²) >= 11 is 0. The molecule has 0 bridgehead atoms. The molecular formula is C14H23N3O3. The van der Waals surface area contributed by atoms with Crippen molar-refractivity contribution in [3.8, 4) is 0 Å². The van der Waals surface area contributed by atoms with Gasteiger partial charge in [0.25, 0.3) is 0 Å². The molecule has 2 unspecified atom stereocenters. The summed E-state index contributed by atoms with van der Waals surface area (Å²) in [7, 11) is 0. The van der Waals surface area contributed by atoms with Gasteiger partial charge in [-0.1, -0.05) is 19.0 Å². The second-order valence-corrected chi connectivity index (χ2v) is 5.67. The van der Waals surface area contributed by atoms with Gasteiger partial charge in [-0.25, -0.2) is 0 Å². The molecule has 0 aliphatic carbocycles. The number of carboxylic acids is 1. The van der Waals surface area contributed by atoms with E-state index in [1.807, 2.05) is 13.8 Å². The fraction of sp³-hybridized carbons (Fsp3) is 0.786. The van der Waals surface area contributed by atoms with E-state index in [-0.39, 0.29) is 12.3 Å². The van der Waals surface area contributed by atoms with E-state index in [1.165, 1.54) is 0 Å².